The van der Waals surface area contributed by atoms with E-state index in [9.17, 15) is 4.79 Å². The summed E-state index contributed by atoms with van der Waals surface area (Å²) in [4.78, 5) is 18.4. The Hall–Kier alpha value is -1.46. The van der Waals surface area contributed by atoms with E-state index in [-0.39, 0.29) is 11.9 Å². The van der Waals surface area contributed by atoms with Gasteiger partial charge in [0.2, 0.25) is 5.91 Å². The highest BCUT2D eigenvalue weighted by atomic mass is 16.5. The summed E-state index contributed by atoms with van der Waals surface area (Å²) in [6.45, 7) is 5.80. The van der Waals surface area contributed by atoms with Crippen molar-refractivity contribution in [2.75, 3.05) is 33.9 Å². The lowest BCUT2D eigenvalue weighted by Crippen LogP contribution is -2.38. The van der Waals surface area contributed by atoms with Gasteiger partial charge in [-0.25, -0.2) is 0 Å². The van der Waals surface area contributed by atoms with Crippen LogP contribution in [0.4, 0.5) is 0 Å². The maximum Gasteiger partial charge on any atom is 0.234 e. The average molecular weight is 279 g/mol. The van der Waals surface area contributed by atoms with E-state index in [0.29, 0.717) is 13.2 Å². The quantitative estimate of drug-likeness (QED) is 0.784. The molecule has 0 unspecified atom stereocenters. The Labute approximate surface area is 121 Å². The van der Waals surface area contributed by atoms with E-state index in [1.165, 1.54) is 0 Å². The van der Waals surface area contributed by atoms with Crippen LogP contribution in [0, 0.1) is 6.92 Å². The molecule has 1 atom stereocenters. The van der Waals surface area contributed by atoms with Crippen LogP contribution in [0.3, 0.4) is 0 Å². The normalized spacial score (nSPS) is 12.4. The number of aryl methyl sites for hydroxylation is 1. The molecule has 1 amide bonds. The fourth-order valence-corrected chi connectivity index (χ4v) is 2.04. The number of likely N-dealkylation sites (N-methyl/N-ethyl adjacent to an activating group) is 1. The predicted octanol–water partition coefficient (Wildman–Crippen LogP) is 1.54. The van der Waals surface area contributed by atoms with Gasteiger partial charge in [-0.2, -0.15) is 0 Å². The highest BCUT2D eigenvalue weighted by molar-refractivity contribution is 5.78. The molecule has 112 valence electrons. The van der Waals surface area contributed by atoms with E-state index >= 15 is 0 Å². The van der Waals surface area contributed by atoms with E-state index in [2.05, 4.69) is 10.3 Å². The fourth-order valence-electron chi connectivity index (χ4n) is 2.04. The van der Waals surface area contributed by atoms with Gasteiger partial charge in [-0.15, -0.1) is 0 Å². The second-order valence-corrected chi connectivity index (χ2v) is 4.96. The van der Waals surface area contributed by atoms with E-state index in [1.807, 2.05) is 37.9 Å². The van der Waals surface area contributed by atoms with Gasteiger partial charge in [0.25, 0.3) is 0 Å². The number of carbonyl (C=O) groups excluding carboxylic acids is 1. The van der Waals surface area contributed by atoms with Crippen molar-refractivity contribution in [1.82, 2.24) is 15.2 Å². The van der Waals surface area contributed by atoms with Crippen LogP contribution in [0.1, 0.15) is 30.6 Å². The Morgan fingerprint density at radius 2 is 2.30 bits per heavy atom. The van der Waals surface area contributed by atoms with E-state index in [4.69, 9.17) is 4.74 Å². The largest absolute Gasteiger partial charge is 0.383 e. The zero-order valence-electron chi connectivity index (χ0n) is 12.8. The number of pyridine rings is 1. The SMILES string of the molecule is CC[C@H](NC(=O)CN(C)CCOC)c1ncccc1C. The molecule has 1 N–H and O–H groups in total. The molecule has 0 bridgehead atoms. The maximum atomic E-state index is 12.0. The second-order valence-electron chi connectivity index (χ2n) is 4.96. The molecule has 1 heterocycles. The maximum absolute atomic E-state index is 12.0. The predicted molar refractivity (Wildman–Crippen MR) is 79.5 cm³/mol. The Morgan fingerprint density at radius 1 is 1.55 bits per heavy atom. The van der Waals surface area contributed by atoms with Crippen molar-refractivity contribution in [3.05, 3.63) is 29.6 Å². The Bertz CT molecular complexity index is 423. The Morgan fingerprint density at radius 3 is 2.90 bits per heavy atom. The van der Waals surface area contributed by atoms with Gasteiger partial charge < -0.3 is 10.1 Å². The number of aromatic nitrogens is 1. The average Bonchev–Trinajstić information content (AvgIpc) is 2.43. The molecule has 0 fully saturated rings. The van der Waals surface area contributed by atoms with Gasteiger partial charge in [0.1, 0.15) is 0 Å². The van der Waals surface area contributed by atoms with Gasteiger partial charge in [-0.05, 0) is 32.0 Å². The number of methoxy groups -OCH3 is 1. The van der Waals surface area contributed by atoms with Gasteiger partial charge in [-0.1, -0.05) is 13.0 Å². The lowest BCUT2D eigenvalue weighted by molar-refractivity contribution is -0.122. The van der Waals surface area contributed by atoms with Gasteiger partial charge in [0.05, 0.1) is 24.9 Å². The highest BCUT2D eigenvalue weighted by Crippen LogP contribution is 2.17. The number of hydrogen-bond donors (Lipinski definition) is 1. The van der Waals surface area contributed by atoms with Crippen LogP contribution in [0.15, 0.2) is 18.3 Å². The first-order chi connectivity index (χ1) is 9.58. The van der Waals surface area contributed by atoms with Crippen molar-refractivity contribution in [3.63, 3.8) is 0 Å². The Balaban J connectivity index is 2.56. The second kappa shape index (κ2) is 8.66. The Kier molecular flexibility index (Phi) is 7.18. The molecular formula is C15H25N3O2. The van der Waals surface area contributed by atoms with E-state index in [1.54, 1.807) is 13.3 Å². The summed E-state index contributed by atoms with van der Waals surface area (Å²) in [5.41, 5.74) is 2.05. The number of hydrogen-bond acceptors (Lipinski definition) is 4. The third-order valence-corrected chi connectivity index (χ3v) is 3.21. The minimum atomic E-state index is -0.0282. The molecule has 1 aromatic heterocycles. The molecule has 5 nitrogen and oxygen atoms in total. The molecule has 0 aromatic carbocycles. The monoisotopic (exact) mass is 279 g/mol. The number of carbonyl (C=O) groups is 1. The topological polar surface area (TPSA) is 54.5 Å². The summed E-state index contributed by atoms with van der Waals surface area (Å²) in [5, 5.41) is 3.05. The summed E-state index contributed by atoms with van der Waals surface area (Å²) in [5.74, 6) is 0.0144. The summed E-state index contributed by atoms with van der Waals surface area (Å²) >= 11 is 0. The molecule has 0 spiro atoms. The molecule has 0 aliphatic heterocycles. The molecule has 1 rings (SSSR count). The van der Waals surface area contributed by atoms with Crippen LogP contribution < -0.4 is 5.32 Å². The molecule has 0 saturated carbocycles. The van der Waals surface area contributed by atoms with E-state index < -0.39 is 0 Å². The standard InChI is InChI=1S/C15H25N3O2/c1-5-13(15-12(2)7-6-8-16-15)17-14(19)11-18(3)9-10-20-4/h6-8,13H,5,9-11H2,1-4H3,(H,17,19)/t13-/m0/s1. The van der Waals surface area contributed by atoms with Crippen LogP contribution >= 0.6 is 0 Å². The summed E-state index contributed by atoms with van der Waals surface area (Å²) in [6, 6.07) is 3.90. The van der Waals surface area contributed by atoms with Crippen LogP contribution in [0.5, 0.6) is 0 Å². The highest BCUT2D eigenvalue weighted by Gasteiger charge is 2.16. The van der Waals surface area contributed by atoms with Crippen molar-refractivity contribution in [1.29, 1.82) is 0 Å². The molecule has 0 saturated heterocycles. The van der Waals surface area contributed by atoms with Crippen LogP contribution in [0.2, 0.25) is 0 Å². The number of ether oxygens (including phenoxy) is 1. The third-order valence-electron chi connectivity index (χ3n) is 3.21. The molecule has 0 aliphatic carbocycles. The summed E-state index contributed by atoms with van der Waals surface area (Å²) in [7, 11) is 3.57. The fraction of sp³-hybridized carbons (Fsp3) is 0.600. The first-order valence-electron chi connectivity index (χ1n) is 6.96. The smallest absolute Gasteiger partial charge is 0.234 e. The molecule has 0 radical (unpaired) electrons. The molecule has 0 aliphatic rings. The van der Waals surface area contributed by atoms with Gasteiger partial charge >= 0.3 is 0 Å². The minimum Gasteiger partial charge on any atom is -0.383 e. The molecular weight excluding hydrogens is 254 g/mol. The number of amides is 1. The van der Waals surface area contributed by atoms with Crippen molar-refractivity contribution < 1.29 is 9.53 Å². The zero-order chi connectivity index (χ0) is 15.0. The van der Waals surface area contributed by atoms with Crippen LogP contribution in [0.25, 0.3) is 0 Å². The minimum absolute atomic E-state index is 0.0144. The summed E-state index contributed by atoms with van der Waals surface area (Å²) < 4.78 is 5.00. The molecule has 1 aromatic rings. The number of nitrogens with one attached hydrogen (secondary N) is 1. The van der Waals surface area contributed by atoms with Crippen molar-refractivity contribution in [3.8, 4) is 0 Å². The molecule has 5 heteroatoms. The lowest BCUT2D eigenvalue weighted by atomic mass is 10.1. The zero-order valence-corrected chi connectivity index (χ0v) is 12.8. The summed E-state index contributed by atoms with van der Waals surface area (Å²) in [6.07, 6.45) is 2.59. The van der Waals surface area contributed by atoms with Crippen molar-refractivity contribution in [2.45, 2.75) is 26.3 Å². The molecule has 20 heavy (non-hydrogen) atoms. The first kappa shape index (κ1) is 16.6. The van der Waals surface area contributed by atoms with Crippen molar-refractivity contribution >= 4 is 5.91 Å². The van der Waals surface area contributed by atoms with Crippen LogP contribution in [-0.2, 0) is 9.53 Å². The number of rotatable bonds is 8. The number of nitrogens with zero attached hydrogens (tertiary/aromatic N) is 2. The van der Waals surface area contributed by atoms with Gasteiger partial charge in [0, 0.05) is 19.9 Å². The third kappa shape index (κ3) is 5.27. The van der Waals surface area contributed by atoms with Crippen molar-refractivity contribution in [2.24, 2.45) is 0 Å². The lowest BCUT2D eigenvalue weighted by Gasteiger charge is -2.21. The van der Waals surface area contributed by atoms with Crippen LogP contribution in [-0.4, -0.2) is 49.6 Å². The van der Waals surface area contributed by atoms with Gasteiger partial charge in [0.15, 0.2) is 0 Å². The van der Waals surface area contributed by atoms with E-state index in [0.717, 1.165) is 24.2 Å². The van der Waals surface area contributed by atoms with Gasteiger partial charge in [-0.3, -0.25) is 14.7 Å². The first-order valence-corrected chi connectivity index (χ1v) is 6.96.